The fraction of sp³-hybridized carbons (Fsp3) is 0.188. The molecular weight excluding hydrogens is 288 g/mol. The van der Waals surface area contributed by atoms with Crippen LogP contribution in [0.2, 0.25) is 5.02 Å². The highest BCUT2D eigenvalue weighted by molar-refractivity contribution is 6.31. The van der Waals surface area contributed by atoms with Crippen LogP contribution in [0.1, 0.15) is 23.7 Å². The highest BCUT2D eigenvalue weighted by Crippen LogP contribution is 2.23. The number of halogens is 1. The van der Waals surface area contributed by atoms with Gasteiger partial charge in [0.15, 0.2) is 0 Å². The number of nitrogens with one attached hydrogen (secondary N) is 1. The summed E-state index contributed by atoms with van der Waals surface area (Å²) < 4.78 is 5.51. The summed E-state index contributed by atoms with van der Waals surface area (Å²) in [5.74, 6) is 0.430. The number of nitrogen functional groups attached to an aromatic ring is 1. The molecule has 0 radical (unpaired) electrons. The van der Waals surface area contributed by atoms with E-state index in [1.165, 1.54) is 0 Å². The first-order valence-corrected chi connectivity index (χ1v) is 7.07. The molecule has 1 amide bonds. The van der Waals surface area contributed by atoms with Crippen molar-refractivity contribution in [3.05, 3.63) is 53.1 Å². The van der Waals surface area contributed by atoms with Crippen LogP contribution in [-0.4, -0.2) is 12.5 Å². The largest absolute Gasteiger partial charge is 0.494 e. The van der Waals surface area contributed by atoms with Crippen molar-refractivity contribution in [1.82, 2.24) is 0 Å². The van der Waals surface area contributed by atoms with Crippen LogP contribution in [-0.2, 0) is 0 Å². The van der Waals surface area contributed by atoms with Gasteiger partial charge in [0.05, 0.1) is 18.0 Å². The molecule has 0 atom stereocenters. The van der Waals surface area contributed by atoms with Crippen molar-refractivity contribution in [3.63, 3.8) is 0 Å². The number of hydrogen-bond acceptors (Lipinski definition) is 3. The maximum Gasteiger partial charge on any atom is 0.255 e. The summed E-state index contributed by atoms with van der Waals surface area (Å²) in [4.78, 5) is 12.2. The van der Waals surface area contributed by atoms with E-state index >= 15 is 0 Å². The number of anilines is 2. The summed E-state index contributed by atoms with van der Waals surface area (Å²) in [6, 6.07) is 12.0. The van der Waals surface area contributed by atoms with Gasteiger partial charge in [0, 0.05) is 10.6 Å². The molecule has 110 valence electrons. The Morgan fingerprint density at radius 3 is 2.81 bits per heavy atom. The van der Waals surface area contributed by atoms with Gasteiger partial charge in [0.25, 0.3) is 5.91 Å². The lowest BCUT2D eigenvalue weighted by atomic mass is 10.2. The van der Waals surface area contributed by atoms with Gasteiger partial charge >= 0.3 is 0 Å². The molecule has 2 rings (SSSR count). The molecule has 21 heavy (non-hydrogen) atoms. The van der Waals surface area contributed by atoms with Crippen molar-refractivity contribution in [2.75, 3.05) is 17.7 Å². The van der Waals surface area contributed by atoms with Crippen LogP contribution in [0.15, 0.2) is 42.5 Å². The fourth-order valence-corrected chi connectivity index (χ4v) is 1.97. The Bertz CT molecular complexity index is 644. The maximum absolute atomic E-state index is 12.2. The third-order valence-corrected chi connectivity index (χ3v) is 3.07. The van der Waals surface area contributed by atoms with Gasteiger partial charge in [-0.05, 0) is 42.8 Å². The minimum Gasteiger partial charge on any atom is -0.494 e. The summed E-state index contributed by atoms with van der Waals surface area (Å²) in [5.41, 5.74) is 7.29. The monoisotopic (exact) mass is 304 g/mol. The Labute approximate surface area is 128 Å². The smallest absolute Gasteiger partial charge is 0.255 e. The van der Waals surface area contributed by atoms with E-state index in [4.69, 9.17) is 22.1 Å². The summed E-state index contributed by atoms with van der Waals surface area (Å²) in [7, 11) is 0. The molecular formula is C16H17ClN2O2. The molecule has 5 heteroatoms. The zero-order valence-electron chi connectivity index (χ0n) is 11.7. The zero-order valence-corrected chi connectivity index (χ0v) is 12.5. The van der Waals surface area contributed by atoms with E-state index in [2.05, 4.69) is 5.32 Å². The van der Waals surface area contributed by atoms with Gasteiger partial charge in [0.2, 0.25) is 0 Å². The summed E-state index contributed by atoms with van der Waals surface area (Å²) in [5, 5.41) is 3.29. The number of carbonyl (C=O) groups excluding carboxylic acids is 1. The van der Waals surface area contributed by atoms with Gasteiger partial charge in [-0.2, -0.15) is 0 Å². The Kier molecular flexibility index (Phi) is 5.06. The topological polar surface area (TPSA) is 64.3 Å². The lowest BCUT2D eigenvalue weighted by Gasteiger charge is -2.10. The highest BCUT2D eigenvalue weighted by Gasteiger charge is 2.09. The second-order valence-corrected chi connectivity index (χ2v) is 5.00. The first-order chi connectivity index (χ1) is 10.1. The minimum absolute atomic E-state index is 0.244. The number of hydrogen-bond donors (Lipinski definition) is 2. The summed E-state index contributed by atoms with van der Waals surface area (Å²) >= 11 is 5.83. The maximum atomic E-state index is 12.2. The molecule has 0 fully saturated rings. The number of ether oxygens (including phenoxy) is 1. The van der Waals surface area contributed by atoms with Crippen molar-refractivity contribution < 1.29 is 9.53 Å². The van der Waals surface area contributed by atoms with E-state index in [9.17, 15) is 4.79 Å². The summed E-state index contributed by atoms with van der Waals surface area (Å²) in [6.45, 7) is 2.65. The predicted octanol–water partition coefficient (Wildman–Crippen LogP) is 3.96. The van der Waals surface area contributed by atoms with Gasteiger partial charge in [-0.25, -0.2) is 0 Å². The van der Waals surface area contributed by atoms with E-state index in [1.807, 2.05) is 13.0 Å². The number of rotatable bonds is 5. The molecule has 4 nitrogen and oxygen atoms in total. The van der Waals surface area contributed by atoms with Crippen LogP contribution < -0.4 is 15.8 Å². The Morgan fingerprint density at radius 2 is 2.10 bits per heavy atom. The molecule has 0 unspecified atom stereocenters. The molecule has 0 aliphatic carbocycles. The van der Waals surface area contributed by atoms with Gasteiger partial charge in [0.1, 0.15) is 5.75 Å². The molecule has 0 heterocycles. The zero-order chi connectivity index (χ0) is 15.2. The molecule has 2 aromatic carbocycles. The predicted molar refractivity (Wildman–Crippen MR) is 86.0 cm³/mol. The van der Waals surface area contributed by atoms with Gasteiger partial charge in [-0.3, -0.25) is 4.79 Å². The lowest BCUT2D eigenvalue weighted by molar-refractivity contribution is 0.102. The second kappa shape index (κ2) is 6.99. The first kappa shape index (κ1) is 15.2. The van der Waals surface area contributed by atoms with Crippen LogP contribution in [0.25, 0.3) is 0 Å². The van der Waals surface area contributed by atoms with E-state index in [1.54, 1.807) is 36.4 Å². The van der Waals surface area contributed by atoms with Crippen molar-refractivity contribution in [1.29, 1.82) is 0 Å². The number of nitrogens with two attached hydrogens (primary N) is 1. The van der Waals surface area contributed by atoms with Crippen molar-refractivity contribution in [3.8, 4) is 5.75 Å². The quantitative estimate of drug-likeness (QED) is 0.822. The van der Waals surface area contributed by atoms with E-state index in [0.717, 1.165) is 6.42 Å². The molecule has 0 saturated carbocycles. The average molecular weight is 305 g/mol. The molecule has 0 aliphatic rings. The van der Waals surface area contributed by atoms with Crippen molar-refractivity contribution in [2.45, 2.75) is 13.3 Å². The van der Waals surface area contributed by atoms with Gasteiger partial charge < -0.3 is 15.8 Å². The fourth-order valence-electron chi connectivity index (χ4n) is 1.79. The Balaban J connectivity index is 2.12. The van der Waals surface area contributed by atoms with E-state index in [0.29, 0.717) is 34.3 Å². The molecule has 0 aromatic heterocycles. The third kappa shape index (κ3) is 4.13. The van der Waals surface area contributed by atoms with Crippen LogP contribution in [0.4, 0.5) is 11.4 Å². The standard InChI is InChI=1S/C16H17ClN2O2/c1-2-8-21-13-5-3-4-11(9-13)16(20)19-15-7-6-12(17)10-14(15)18/h3-7,9-10H,2,8,18H2,1H3,(H,19,20). The second-order valence-electron chi connectivity index (χ2n) is 4.56. The van der Waals surface area contributed by atoms with Crippen LogP contribution >= 0.6 is 11.6 Å². The highest BCUT2D eigenvalue weighted by atomic mass is 35.5. The SMILES string of the molecule is CCCOc1cccc(C(=O)Nc2ccc(Cl)cc2N)c1. The normalized spacial score (nSPS) is 10.2. The minimum atomic E-state index is -0.244. The number of amides is 1. The molecule has 0 aliphatic heterocycles. The van der Waals surface area contributed by atoms with Crippen LogP contribution in [0.5, 0.6) is 5.75 Å². The van der Waals surface area contributed by atoms with Crippen LogP contribution in [0.3, 0.4) is 0 Å². The number of carbonyl (C=O) groups is 1. The van der Waals surface area contributed by atoms with Crippen molar-refractivity contribution in [2.24, 2.45) is 0 Å². The van der Waals surface area contributed by atoms with Gasteiger partial charge in [-0.1, -0.05) is 24.6 Å². The Hall–Kier alpha value is -2.20. The van der Waals surface area contributed by atoms with Crippen LogP contribution in [0, 0.1) is 0 Å². The van der Waals surface area contributed by atoms with Crippen molar-refractivity contribution >= 4 is 28.9 Å². The third-order valence-electron chi connectivity index (χ3n) is 2.83. The number of benzene rings is 2. The molecule has 0 saturated heterocycles. The Morgan fingerprint density at radius 1 is 1.29 bits per heavy atom. The van der Waals surface area contributed by atoms with E-state index in [-0.39, 0.29) is 5.91 Å². The summed E-state index contributed by atoms with van der Waals surface area (Å²) in [6.07, 6.45) is 0.914. The molecule has 0 spiro atoms. The first-order valence-electron chi connectivity index (χ1n) is 6.69. The molecule has 3 N–H and O–H groups in total. The molecule has 0 bridgehead atoms. The van der Waals surface area contributed by atoms with Gasteiger partial charge in [-0.15, -0.1) is 0 Å². The van der Waals surface area contributed by atoms with E-state index < -0.39 is 0 Å². The lowest BCUT2D eigenvalue weighted by Crippen LogP contribution is -2.13. The average Bonchev–Trinajstić information content (AvgIpc) is 2.48. The molecule has 2 aromatic rings.